The van der Waals surface area contributed by atoms with Crippen molar-refractivity contribution in [1.82, 2.24) is 0 Å². The number of hydrogen-bond donors (Lipinski definition) is 0. The maximum absolute atomic E-state index is 12.0. The molecule has 0 aromatic heterocycles. The molecule has 0 aliphatic rings. The van der Waals surface area contributed by atoms with Gasteiger partial charge in [0.2, 0.25) is 9.84 Å². The van der Waals surface area contributed by atoms with Crippen molar-refractivity contribution in [2.45, 2.75) is 9.79 Å². The van der Waals surface area contributed by atoms with E-state index in [1.54, 1.807) is 60.7 Å². The first-order valence-electron chi connectivity index (χ1n) is 4.73. The van der Waals surface area contributed by atoms with Gasteiger partial charge in [-0.3, -0.25) is 0 Å². The number of sulfone groups is 1. The molecule has 2 aromatic carbocycles. The number of hydrogen-bond acceptors (Lipinski definition) is 2. The Hall–Kier alpha value is -0.571. The molecule has 0 unspecified atom stereocenters. The molecule has 88 valence electrons. The summed E-state index contributed by atoms with van der Waals surface area (Å²) in [6, 6.07) is 16.9. The summed E-state index contributed by atoms with van der Waals surface area (Å²) in [5.41, 5.74) is 0. The van der Waals surface area contributed by atoms with Crippen LogP contribution in [0.5, 0.6) is 0 Å². The Morgan fingerprint density at radius 2 is 0.941 bits per heavy atom. The van der Waals surface area contributed by atoms with Gasteiger partial charge in [-0.2, -0.15) is 0 Å². The second kappa shape index (κ2) is 7.00. The molecule has 0 amide bonds. The van der Waals surface area contributed by atoms with Gasteiger partial charge in [0.1, 0.15) is 0 Å². The third-order valence-electron chi connectivity index (χ3n) is 2.11. The van der Waals surface area contributed by atoms with Gasteiger partial charge in [-0.1, -0.05) is 36.4 Å². The molecule has 2 aromatic rings. The van der Waals surface area contributed by atoms with Crippen molar-refractivity contribution in [1.29, 1.82) is 0 Å². The molecule has 0 spiro atoms. The van der Waals surface area contributed by atoms with Gasteiger partial charge in [-0.25, -0.2) is 8.42 Å². The summed E-state index contributed by atoms with van der Waals surface area (Å²) in [6.07, 6.45) is 0. The summed E-state index contributed by atoms with van der Waals surface area (Å²) in [7, 11) is -3.34. The Labute approximate surface area is 115 Å². The molecule has 0 heterocycles. The molecule has 0 N–H and O–H groups in total. The Morgan fingerprint density at radius 3 is 1.24 bits per heavy atom. The molecular weight excluding hydrogens is 366 g/mol. The fraction of sp³-hybridized carbons (Fsp3) is 0. The minimum atomic E-state index is -3.34. The van der Waals surface area contributed by atoms with Crippen molar-refractivity contribution >= 4 is 37.1 Å². The predicted molar refractivity (Wildman–Crippen MR) is 69.8 cm³/mol. The normalized spacial score (nSPS) is 10.1. The van der Waals surface area contributed by atoms with Crippen LogP contribution in [0.4, 0.5) is 0 Å². The van der Waals surface area contributed by atoms with Gasteiger partial charge in [0.15, 0.2) is 0 Å². The molecule has 5 heteroatoms. The van der Waals surface area contributed by atoms with Crippen LogP contribution in [-0.4, -0.2) is 35.7 Å². The van der Waals surface area contributed by atoms with Crippen LogP contribution in [0.2, 0.25) is 0 Å². The summed E-state index contributed by atoms with van der Waals surface area (Å²) >= 11 is 5.00. The number of rotatable bonds is 2. The molecule has 2 rings (SSSR count). The average molecular weight is 376 g/mol. The number of benzene rings is 2. The molecule has 17 heavy (non-hydrogen) atoms. The SMILES string of the molecule is O=S(=O)(c1ccccc1)c1ccccc1.[Se]=[Se]. The zero-order valence-corrected chi connectivity index (χ0v) is 13.1. The topological polar surface area (TPSA) is 34.1 Å². The van der Waals surface area contributed by atoms with E-state index in [1.165, 1.54) is 0 Å². The summed E-state index contributed by atoms with van der Waals surface area (Å²) in [5.74, 6) is 0. The molecular formula is C12H10O2SSe2. The third-order valence-corrected chi connectivity index (χ3v) is 3.89. The molecule has 0 aliphatic carbocycles. The van der Waals surface area contributed by atoms with Crippen molar-refractivity contribution < 1.29 is 8.42 Å². The molecule has 0 atom stereocenters. The van der Waals surface area contributed by atoms with Gasteiger partial charge in [-0.05, 0) is 24.3 Å². The van der Waals surface area contributed by atoms with E-state index in [-0.39, 0.29) is 0 Å². The first-order valence-corrected chi connectivity index (χ1v) is 10.5. The molecule has 0 fully saturated rings. The molecule has 0 aliphatic heterocycles. The van der Waals surface area contributed by atoms with E-state index in [2.05, 4.69) is 27.3 Å². The van der Waals surface area contributed by atoms with Crippen LogP contribution in [0, 0.1) is 0 Å². The fourth-order valence-corrected chi connectivity index (χ4v) is 2.64. The molecule has 2 nitrogen and oxygen atoms in total. The standard InChI is InChI=1S/C12H10O2S.Se2/c13-15(14,11-7-3-1-4-8-11)12-9-5-2-6-10-12;1-2/h1-10H;. The molecule has 0 radical (unpaired) electrons. The Morgan fingerprint density at radius 1 is 0.647 bits per heavy atom. The van der Waals surface area contributed by atoms with E-state index < -0.39 is 9.84 Å². The Bertz CT molecular complexity index is 508. The summed E-state index contributed by atoms with van der Waals surface area (Å²) in [6.45, 7) is 0. The zero-order chi connectivity index (χ0) is 12.7. The third kappa shape index (κ3) is 3.70. The van der Waals surface area contributed by atoms with Crippen molar-refractivity contribution in [3.05, 3.63) is 60.7 Å². The van der Waals surface area contributed by atoms with Crippen molar-refractivity contribution in [2.75, 3.05) is 0 Å². The van der Waals surface area contributed by atoms with Crippen molar-refractivity contribution in [2.24, 2.45) is 0 Å². The van der Waals surface area contributed by atoms with E-state index in [0.29, 0.717) is 9.79 Å². The van der Waals surface area contributed by atoms with Crippen LogP contribution < -0.4 is 0 Å². The van der Waals surface area contributed by atoms with Crippen LogP contribution in [0.25, 0.3) is 0 Å². The monoisotopic (exact) mass is 378 g/mol. The van der Waals surface area contributed by atoms with Gasteiger partial charge < -0.3 is 0 Å². The summed E-state index contributed by atoms with van der Waals surface area (Å²) in [5, 5.41) is 0. The minimum absolute atomic E-state index is 0.330. The van der Waals surface area contributed by atoms with Crippen LogP contribution in [0.15, 0.2) is 70.5 Å². The van der Waals surface area contributed by atoms with Gasteiger partial charge >= 0.3 is 27.3 Å². The predicted octanol–water partition coefficient (Wildman–Crippen LogP) is 1.76. The molecule has 0 bridgehead atoms. The van der Waals surface area contributed by atoms with Crippen LogP contribution in [0.1, 0.15) is 0 Å². The van der Waals surface area contributed by atoms with Gasteiger partial charge in [-0.15, -0.1) is 0 Å². The van der Waals surface area contributed by atoms with Gasteiger partial charge in [0.25, 0.3) is 0 Å². The fourth-order valence-electron chi connectivity index (χ4n) is 1.34. The zero-order valence-electron chi connectivity index (χ0n) is 8.81. The van der Waals surface area contributed by atoms with Gasteiger partial charge in [0, 0.05) is 0 Å². The van der Waals surface area contributed by atoms with Crippen LogP contribution >= 0.6 is 0 Å². The van der Waals surface area contributed by atoms with Crippen LogP contribution in [0.3, 0.4) is 0 Å². The Kier molecular flexibility index (Phi) is 5.96. The summed E-state index contributed by atoms with van der Waals surface area (Å²) in [4.78, 5) is 0.660. The quantitative estimate of drug-likeness (QED) is 0.749. The van der Waals surface area contributed by atoms with Crippen LogP contribution in [-0.2, 0) is 9.84 Å². The van der Waals surface area contributed by atoms with E-state index >= 15 is 0 Å². The second-order valence-corrected chi connectivity index (χ2v) is 5.08. The maximum atomic E-state index is 12.0. The Balaban J connectivity index is 0.000000686. The average Bonchev–Trinajstić information content (AvgIpc) is 2.43. The molecule has 0 saturated heterocycles. The van der Waals surface area contributed by atoms with E-state index in [0.717, 1.165) is 0 Å². The van der Waals surface area contributed by atoms with Crippen molar-refractivity contribution in [3.63, 3.8) is 0 Å². The van der Waals surface area contributed by atoms with Crippen molar-refractivity contribution in [3.8, 4) is 0 Å². The van der Waals surface area contributed by atoms with Gasteiger partial charge in [0.05, 0.1) is 9.79 Å². The second-order valence-electron chi connectivity index (χ2n) is 3.13. The van der Waals surface area contributed by atoms with E-state index in [9.17, 15) is 8.42 Å². The van der Waals surface area contributed by atoms with E-state index in [1.807, 2.05) is 0 Å². The molecule has 0 saturated carbocycles. The first-order chi connectivity index (χ1) is 8.21. The summed E-state index contributed by atoms with van der Waals surface area (Å²) < 4.78 is 24.1. The first kappa shape index (κ1) is 14.5. The van der Waals surface area contributed by atoms with E-state index in [4.69, 9.17) is 0 Å².